The largest absolute Gasteiger partial charge is 0.476 e. The summed E-state index contributed by atoms with van der Waals surface area (Å²) in [5.74, 6) is 1.02. The van der Waals surface area contributed by atoms with Crippen LogP contribution < -0.4 is 20.1 Å². The molecule has 1 fully saturated rings. The Morgan fingerprint density at radius 3 is 2.66 bits per heavy atom. The Labute approximate surface area is 223 Å². The van der Waals surface area contributed by atoms with Crippen LogP contribution in [0.1, 0.15) is 57.1 Å². The fraction of sp³-hybridized carbons (Fsp3) is 0.462. The number of carbonyl (C=O) groups excluding carboxylic acids is 1. The van der Waals surface area contributed by atoms with Gasteiger partial charge in [-0.25, -0.2) is 27.8 Å². The first-order chi connectivity index (χ1) is 17.8. The zero-order valence-electron chi connectivity index (χ0n) is 22.6. The number of aryl methyl sites for hydroxylation is 1. The molecule has 12 heteroatoms. The Morgan fingerprint density at radius 2 is 2.03 bits per heavy atom. The van der Waals surface area contributed by atoms with E-state index in [1.54, 1.807) is 16.8 Å². The lowest BCUT2D eigenvalue weighted by Gasteiger charge is -2.36. The Morgan fingerprint density at radius 1 is 1.29 bits per heavy atom. The minimum atomic E-state index is -4.26. The molecule has 1 saturated heterocycles. The standard InChI is InChI=1S/C26H35N7O4S/c1-16(2)15-37-22-14-18(4)33(30-22)21-10-9-19(24(29-21)32-13-11-17(3)26(32,5)6)25(34)31-38(35,36)20-8-7-12-28-23(20)27/h7-10,12,14,16-17H,11,13,15H2,1-6H3,(H2,27,28)(H,31,34). The Hall–Kier alpha value is -3.67. The van der Waals surface area contributed by atoms with E-state index in [4.69, 9.17) is 15.5 Å². The smallest absolute Gasteiger partial charge is 0.268 e. The van der Waals surface area contributed by atoms with Crippen LogP contribution in [0.4, 0.5) is 11.6 Å². The number of nitrogens with two attached hydrogens (primary N) is 1. The SMILES string of the molecule is Cc1cc(OCC(C)C)nn1-c1ccc(C(=O)NS(=O)(=O)c2cccnc2N)c(N2CCC(C)C2(C)C)n1. The molecule has 4 heterocycles. The molecular weight excluding hydrogens is 506 g/mol. The third-order valence-corrected chi connectivity index (χ3v) is 8.39. The van der Waals surface area contributed by atoms with Gasteiger partial charge < -0.3 is 15.4 Å². The molecular formula is C26H35N7O4S. The van der Waals surface area contributed by atoms with Crippen molar-refractivity contribution in [3.05, 3.63) is 47.8 Å². The quantitative estimate of drug-likeness (QED) is 0.438. The fourth-order valence-electron chi connectivity index (χ4n) is 4.41. The summed E-state index contributed by atoms with van der Waals surface area (Å²) in [4.78, 5) is 23.9. The van der Waals surface area contributed by atoms with Gasteiger partial charge in [-0.2, -0.15) is 0 Å². The van der Waals surface area contributed by atoms with Gasteiger partial charge in [0.1, 0.15) is 16.5 Å². The lowest BCUT2D eigenvalue weighted by atomic mass is 9.90. The highest BCUT2D eigenvalue weighted by Gasteiger charge is 2.41. The maximum absolute atomic E-state index is 13.4. The van der Waals surface area contributed by atoms with Crippen molar-refractivity contribution in [3.8, 4) is 11.7 Å². The van der Waals surface area contributed by atoms with Gasteiger partial charge in [0.05, 0.1) is 12.2 Å². The molecule has 1 aliphatic heterocycles. The number of sulfonamides is 1. The number of rotatable bonds is 8. The molecule has 4 rings (SSSR count). The topological polar surface area (TPSA) is 145 Å². The van der Waals surface area contributed by atoms with Crippen LogP contribution in [-0.2, 0) is 10.0 Å². The summed E-state index contributed by atoms with van der Waals surface area (Å²) in [7, 11) is -4.26. The number of nitrogens with zero attached hydrogens (tertiary/aromatic N) is 5. The van der Waals surface area contributed by atoms with Crippen molar-refractivity contribution < 1.29 is 17.9 Å². The van der Waals surface area contributed by atoms with Crippen molar-refractivity contribution in [2.45, 2.75) is 58.4 Å². The van der Waals surface area contributed by atoms with Gasteiger partial charge in [-0.3, -0.25) is 4.79 Å². The van der Waals surface area contributed by atoms with E-state index in [0.29, 0.717) is 42.5 Å². The van der Waals surface area contributed by atoms with E-state index < -0.39 is 15.9 Å². The predicted octanol–water partition coefficient (Wildman–Crippen LogP) is 3.33. The minimum absolute atomic E-state index is 0.128. The second-order valence-electron chi connectivity index (χ2n) is 10.6. The average molecular weight is 542 g/mol. The van der Waals surface area contributed by atoms with Crippen molar-refractivity contribution in [2.24, 2.45) is 11.8 Å². The molecule has 3 aromatic rings. The molecule has 1 aliphatic rings. The number of nitrogen functional groups attached to an aromatic ring is 1. The van der Waals surface area contributed by atoms with Crippen LogP contribution in [0.2, 0.25) is 0 Å². The highest BCUT2D eigenvalue weighted by Crippen LogP contribution is 2.39. The lowest BCUT2D eigenvalue weighted by Crippen LogP contribution is -2.44. The first kappa shape index (κ1) is 27.4. The third kappa shape index (κ3) is 5.31. The van der Waals surface area contributed by atoms with Crippen LogP contribution in [0, 0.1) is 18.8 Å². The Balaban J connectivity index is 1.75. The summed E-state index contributed by atoms with van der Waals surface area (Å²) in [6.45, 7) is 13.5. The van der Waals surface area contributed by atoms with Crippen molar-refractivity contribution >= 4 is 27.6 Å². The molecule has 0 bridgehead atoms. The van der Waals surface area contributed by atoms with Gasteiger partial charge in [0.15, 0.2) is 5.82 Å². The van der Waals surface area contributed by atoms with Crippen molar-refractivity contribution in [1.82, 2.24) is 24.5 Å². The molecule has 1 unspecified atom stereocenters. The van der Waals surface area contributed by atoms with Crippen LogP contribution in [0.25, 0.3) is 5.82 Å². The summed E-state index contributed by atoms with van der Waals surface area (Å²) < 4.78 is 35.5. The monoisotopic (exact) mass is 541 g/mol. The highest BCUT2D eigenvalue weighted by molar-refractivity contribution is 7.90. The van der Waals surface area contributed by atoms with Crippen LogP contribution in [0.5, 0.6) is 5.88 Å². The third-order valence-electron chi connectivity index (χ3n) is 7.01. The number of hydrogen-bond acceptors (Lipinski definition) is 9. The van der Waals surface area contributed by atoms with E-state index in [9.17, 15) is 13.2 Å². The fourth-order valence-corrected chi connectivity index (χ4v) is 5.46. The van der Waals surface area contributed by atoms with Gasteiger partial charge in [-0.1, -0.05) is 20.8 Å². The van der Waals surface area contributed by atoms with E-state index in [1.165, 1.54) is 18.3 Å². The predicted molar refractivity (Wildman–Crippen MR) is 145 cm³/mol. The Bertz CT molecular complexity index is 1450. The second-order valence-corrected chi connectivity index (χ2v) is 12.2. The molecule has 0 saturated carbocycles. The molecule has 0 aromatic carbocycles. The molecule has 204 valence electrons. The molecule has 0 radical (unpaired) electrons. The zero-order valence-corrected chi connectivity index (χ0v) is 23.4. The van der Waals surface area contributed by atoms with Crippen molar-refractivity contribution in [2.75, 3.05) is 23.8 Å². The van der Waals surface area contributed by atoms with E-state index >= 15 is 0 Å². The molecule has 38 heavy (non-hydrogen) atoms. The number of hydrogen-bond donors (Lipinski definition) is 2. The van der Waals surface area contributed by atoms with Crippen molar-refractivity contribution in [3.63, 3.8) is 0 Å². The second kappa shape index (κ2) is 10.2. The van der Waals surface area contributed by atoms with E-state index in [0.717, 1.165) is 12.1 Å². The summed E-state index contributed by atoms with van der Waals surface area (Å²) in [6.07, 6.45) is 2.28. The van der Waals surface area contributed by atoms with Gasteiger partial charge in [0.25, 0.3) is 15.9 Å². The number of amides is 1. The zero-order chi connectivity index (χ0) is 27.8. The number of aromatic nitrogens is 4. The van der Waals surface area contributed by atoms with E-state index in [1.807, 2.05) is 13.0 Å². The van der Waals surface area contributed by atoms with Gasteiger partial charge in [0, 0.05) is 30.0 Å². The molecule has 3 aromatic heterocycles. The molecule has 1 amide bonds. The maximum Gasteiger partial charge on any atom is 0.268 e. The van der Waals surface area contributed by atoms with Crippen molar-refractivity contribution in [1.29, 1.82) is 0 Å². The van der Waals surface area contributed by atoms with E-state index in [-0.39, 0.29) is 21.8 Å². The summed E-state index contributed by atoms with van der Waals surface area (Å²) in [6, 6.07) is 7.78. The number of pyridine rings is 2. The van der Waals surface area contributed by atoms with Crippen LogP contribution in [-0.4, -0.2) is 52.8 Å². The van der Waals surface area contributed by atoms with Crippen LogP contribution in [0.3, 0.4) is 0 Å². The Kier molecular flexibility index (Phi) is 7.37. The summed E-state index contributed by atoms with van der Waals surface area (Å²) in [5, 5.41) is 4.55. The van der Waals surface area contributed by atoms with Gasteiger partial charge in [0.2, 0.25) is 5.88 Å². The van der Waals surface area contributed by atoms with Crippen LogP contribution in [0.15, 0.2) is 41.4 Å². The minimum Gasteiger partial charge on any atom is -0.476 e. The lowest BCUT2D eigenvalue weighted by molar-refractivity contribution is 0.0981. The summed E-state index contributed by atoms with van der Waals surface area (Å²) in [5.41, 5.74) is 6.37. The average Bonchev–Trinajstić information content (AvgIpc) is 3.35. The number of nitrogens with one attached hydrogen (secondary N) is 1. The number of anilines is 2. The van der Waals surface area contributed by atoms with Gasteiger partial charge >= 0.3 is 0 Å². The van der Waals surface area contributed by atoms with Gasteiger partial charge in [-0.15, -0.1) is 5.10 Å². The first-order valence-corrected chi connectivity index (χ1v) is 14.1. The van der Waals surface area contributed by atoms with Gasteiger partial charge in [-0.05, 0) is 63.3 Å². The normalized spacial score (nSPS) is 17.1. The molecule has 1 atom stereocenters. The number of carbonyl (C=O) groups is 1. The highest BCUT2D eigenvalue weighted by atomic mass is 32.2. The summed E-state index contributed by atoms with van der Waals surface area (Å²) >= 11 is 0. The molecule has 11 nitrogen and oxygen atoms in total. The molecule has 3 N–H and O–H groups in total. The molecule has 0 spiro atoms. The number of ether oxygens (including phenoxy) is 1. The van der Waals surface area contributed by atoms with Crippen LogP contribution >= 0.6 is 0 Å². The first-order valence-electron chi connectivity index (χ1n) is 12.6. The molecule has 0 aliphatic carbocycles. The maximum atomic E-state index is 13.4. The van der Waals surface area contributed by atoms with E-state index in [2.05, 4.69) is 54.3 Å².